The fourth-order valence-electron chi connectivity index (χ4n) is 1.48. The number of piperidine rings is 1. The van der Waals surface area contributed by atoms with Crippen LogP contribution >= 0.6 is 0 Å². The van der Waals surface area contributed by atoms with Crippen LogP contribution in [0.25, 0.3) is 0 Å². The second kappa shape index (κ2) is 4.45. The molecule has 1 fully saturated rings. The summed E-state index contributed by atoms with van der Waals surface area (Å²) >= 11 is 0. The Bertz CT molecular complexity index is 159. The molecule has 0 aromatic heterocycles. The molecule has 0 spiro atoms. The van der Waals surface area contributed by atoms with Gasteiger partial charge >= 0.3 is 5.97 Å². The van der Waals surface area contributed by atoms with Crippen LogP contribution in [0.2, 0.25) is 0 Å². The van der Waals surface area contributed by atoms with Gasteiger partial charge in [0.2, 0.25) is 0 Å². The quantitative estimate of drug-likeness (QED) is 0.581. The van der Waals surface area contributed by atoms with Crippen LogP contribution in [-0.2, 0) is 9.53 Å². The van der Waals surface area contributed by atoms with Gasteiger partial charge in [-0.05, 0) is 26.4 Å². The van der Waals surface area contributed by atoms with E-state index in [0.29, 0.717) is 6.42 Å². The predicted molar refractivity (Wildman–Crippen MR) is 46.9 cm³/mol. The lowest BCUT2D eigenvalue weighted by Crippen LogP contribution is -2.37. The molecule has 0 saturated carbocycles. The summed E-state index contributed by atoms with van der Waals surface area (Å²) in [6.07, 6.45) is 2.78. The Morgan fingerprint density at radius 1 is 1.67 bits per heavy atom. The standard InChI is InChI=1S/C9H17NO2/c1-3-9(11)12-8-5-4-6-10(2)7-8/h8H,3-7H2,1-2H3. The van der Waals surface area contributed by atoms with E-state index in [0.717, 1.165) is 25.9 Å². The van der Waals surface area contributed by atoms with E-state index in [-0.39, 0.29) is 12.1 Å². The Balaban J connectivity index is 2.27. The summed E-state index contributed by atoms with van der Waals surface area (Å²) in [5.74, 6) is -0.0738. The zero-order chi connectivity index (χ0) is 8.97. The minimum atomic E-state index is -0.0738. The van der Waals surface area contributed by atoms with Gasteiger partial charge in [-0.1, -0.05) is 6.92 Å². The summed E-state index contributed by atoms with van der Waals surface area (Å²) in [7, 11) is 2.06. The highest BCUT2D eigenvalue weighted by Crippen LogP contribution is 2.11. The highest BCUT2D eigenvalue weighted by Gasteiger charge is 2.19. The molecule has 0 bridgehead atoms. The van der Waals surface area contributed by atoms with E-state index < -0.39 is 0 Å². The third-order valence-electron chi connectivity index (χ3n) is 2.17. The van der Waals surface area contributed by atoms with Crippen LogP contribution in [0.3, 0.4) is 0 Å². The van der Waals surface area contributed by atoms with Crippen LogP contribution < -0.4 is 0 Å². The molecule has 3 nitrogen and oxygen atoms in total. The molecule has 0 aromatic rings. The van der Waals surface area contributed by atoms with Gasteiger partial charge in [0.1, 0.15) is 6.10 Å². The van der Waals surface area contributed by atoms with Crippen molar-refractivity contribution in [2.45, 2.75) is 32.3 Å². The fraction of sp³-hybridized carbons (Fsp3) is 0.889. The van der Waals surface area contributed by atoms with E-state index in [9.17, 15) is 4.79 Å². The third kappa shape index (κ3) is 2.81. The van der Waals surface area contributed by atoms with Crippen molar-refractivity contribution in [2.24, 2.45) is 0 Å². The number of ether oxygens (including phenoxy) is 1. The molecule has 0 aromatic carbocycles. The zero-order valence-electron chi connectivity index (χ0n) is 7.88. The van der Waals surface area contributed by atoms with E-state index >= 15 is 0 Å². The van der Waals surface area contributed by atoms with E-state index in [2.05, 4.69) is 11.9 Å². The van der Waals surface area contributed by atoms with E-state index in [1.165, 1.54) is 0 Å². The molecule has 1 aliphatic rings. The average molecular weight is 171 g/mol. The van der Waals surface area contributed by atoms with Gasteiger partial charge in [-0.25, -0.2) is 0 Å². The average Bonchev–Trinajstić information content (AvgIpc) is 2.04. The van der Waals surface area contributed by atoms with Crippen LogP contribution in [-0.4, -0.2) is 37.1 Å². The summed E-state index contributed by atoms with van der Waals surface area (Å²) < 4.78 is 5.23. The zero-order valence-corrected chi connectivity index (χ0v) is 7.88. The van der Waals surface area contributed by atoms with Crippen molar-refractivity contribution in [1.82, 2.24) is 4.90 Å². The summed E-state index contributed by atoms with van der Waals surface area (Å²) in [6.45, 7) is 3.85. The number of carbonyl (C=O) groups is 1. The van der Waals surface area contributed by atoms with Gasteiger partial charge in [-0.15, -0.1) is 0 Å². The molecule has 0 N–H and O–H groups in total. The topological polar surface area (TPSA) is 29.5 Å². The molecule has 1 aliphatic heterocycles. The van der Waals surface area contributed by atoms with Crippen molar-refractivity contribution in [3.8, 4) is 0 Å². The lowest BCUT2D eigenvalue weighted by molar-refractivity contribution is -0.150. The molecule has 1 rings (SSSR count). The van der Waals surface area contributed by atoms with Gasteiger partial charge in [0.25, 0.3) is 0 Å². The van der Waals surface area contributed by atoms with E-state index in [1.54, 1.807) is 0 Å². The van der Waals surface area contributed by atoms with Crippen molar-refractivity contribution in [3.05, 3.63) is 0 Å². The predicted octanol–water partition coefficient (Wildman–Crippen LogP) is 1.03. The first-order valence-corrected chi connectivity index (χ1v) is 4.60. The molecule has 3 heteroatoms. The highest BCUT2D eigenvalue weighted by molar-refractivity contribution is 5.69. The molecule has 0 radical (unpaired) electrons. The first-order valence-electron chi connectivity index (χ1n) is 4.60. The molecule has 1 unspecified atom stereocenters. The number of nitrogens with zero attached hydrogens (tertiary/aromatic N) is 1. The van der Waals surface area contributed by atoms with E-state index in [4.69, 9.17) is 4.74 Å². The maximum atomic E-state index is 10.9. The Hall–Kier alpha value is -0.570. The normalized spacial score (nSPS) is 25.3. The highest BCUT2D eigenvalue weighted by atomic mass is 16.5. The van der Waals surface area contributed by atoms with Crippen LogP contribution in [0.4, 0.5) is 0 Å². The Morgan fingerprint density at radius 2 is 2.42 bits per heavy atom. The molecule has 1 saturated heterocycles. The second-order valence-electron chi connectivity index (χ2n) is 3.37. The van der Waals surface area contributed by atoms with Gasteiger partial charge in [0.15, 0.2) is 0 Å². The summed E-state index contributed by atoms with van der Waals surface area (Å²) in [5, 5.41) is 0. The van der Waals surface area contributed by atoms with Crippen molar-refractivity contribution < 1.29 is 9.53 Å². The SMILES string of the molecule is CCC(=O)OC1CCCN(C)C1. The second-order valence-corrected chi connectivity index (χ2v) is 3.37. The number of rotatable bonds is 2. The molecule has 12 heavy (non-hydrogen) atoms. The van der Waals surface area contributed by atoms with Crippen molar-refractivity contribution in [1.29, 1.82) is 0 Å². The molecule has 1 atom stereocenters. The Labute approximate surface area is 73.7 Å². The first kappa shape index (κ1) is 9.52. The number of esters is 1. The minimum absolute atomic E-state index is 0.0738. The summed E-state index contributed by atoms with van der Waals surface area (Å²) in [6, 6.07) is 0. The molecule has 70 valence electrons. The number of hydrogen-bond acceptors (Lipinski definition) is 3. The van der Waals surface area contributed by atoms with Crippen LogP contribution in [0, 0.1) is 0 Å². The Kier molecular flexibility index (Phi) is 3.53. The summed E-state index contributed by atoms with van der Waals surface area (Å²) in [4.78, 5) is 13.2. The monoisotopic (exact) mass is 171 g/mol. The number of likely N-dealkylation sites (tertiary alicyclic amines) is 1. The number of hydrogen-bond donors (Lipinski definition) is 0. The molecular formula is C9H17NO2. The van der Waals surface area contributed by atoms with Gasteiger partial charge in [-0.3, -0.25) is 4.79 Å². The largest absolute Gasteiger partial charge is 0.461 e. The number of carbonyl (C=O) groups excluding carboxylic acids is 1. The minimum Gasteiger partial charge on any atom is -0.461 e. The first-order chi connectivity index (χ1) is 5.72. The van der Waals surface area contributed by atoms with Crippen molar-refractivity contribution in [3.63, 3.8) is 0 Å². The van der Waals surface area contributed by atoms with Gasteiger partial charge in [-0.2, -0.15) is 0 Å². The summed E-state index contributed by atoms with van der Waals surface area (Å²) in [5.41, 5.74) is 0. The Morgan fingerprint density at radius 3 is 3.00 bits per heavy atom. The molecular weight excluding hydrogens is 154 g/mol. The van der Waals surface area contributed by atoms with E-state index in [1.807, 2.05) is 6.92 Å². The molecule has 1 heterocycles. The van der Waals surface area contributed by atoms with Crippen molar-refractivity contribution >= 4 is 5.97 Å². The van der Waals surface area contributed by atoms with Crippen LogP contribution in [0.15, 0.2) is 0 Å². The maximum absolute atomic E-state index is 10.9. The molecule has 0 amide bonds. The van der Waals surface area contributed by atoms with Gasteiger partial charge in [0, 0.05) is 13.0 Å². The number of likely N-dealkylation sites (N-methyl/N-ethyl adjacent to an activating group) is 1. The van der Waals surface area contributed by atoms with Crippen molar-refractivity contribution in [2.75, 3.05) is 20.1 Å². The smallest absolute Gasteiger partial charge is 0.305 e. The fourth-order valence-corrected chi connectivity index (χ4v) is 1.48. The molecule has 0 aliphatic carbocycles. The van der Waals surface area contributed by atoms with Gasteiger partial charge in [0.05, 0.1) is 0 Å². The lowest BCUT2D eigenvalue weighted by Gasteiger charge is -2.29. The maximum Gasteiger partial charge on any atom is 0.305 e. The van der Waals surface area contributed by atoms with Crippen LogP contribution in [0.5, 0.6) is 0 Å². The van der Waals surface area contributed by atoms with Crippen LogP contribution in [0.1, 0.15) is 26.2 Å². The lowest BCUT2D eigenvalue weighted by atomic mass is 10.1. The third-order valence-corrected chi connectivity index (χ3v) is 2.17. The van der Waals surface area contributed by atoms with Gasteiger partial charge < -0.3 is 9.64 Å².